The maximum Gasteiger partial charge on any atom is 0.254 e. The van der Waals surface area contributed by atoms with Gasteiger partial charge in [0.25, 0.3) is 5.91 Å². The van der Waals surface area contributed by atoms with Crippen molar-refractivity contribution in [2.45, 2.75) is 18.4 Å². The first-order valence-corrected chi connectivity index (χ1v) is 12.9. The summed E-state index contributed by atoms with van der Waals surface area (Å²) in [4.78, 5) is 33.6. The van der Waals surface area contributed by atoms with Crippen molar-refractivity contribution in [1.29, 1.82) is 0 Å². The summed E-state index contributed by atoms with van der Waals surface area (Å²) in [7, 11) is 3.19. The van der Waals surface area contributed by atoms with E-state index in [1.807, 2.05) is 57.2 Å². The fraction of sp³-hybridized carbons (Fsp3) is 0.333. The number of amides is 2. The molecule has 0 radical (unpaired) electrons. The summed E-state index contributed by atoms with van der Waals surface area (Å²) in [5.41, 5.74) is 3.86. The highest BCUT2D eigenvalue weighted by Gasteiger charge is 2.48. The van der Waals surface area contributed by atoms with Gasteiger partial charge in [-0.15, -0.1) is 0 Å². The van der Waals surface area contributed by atoms with Crippen molar-refractivity contribution in [3.05, 3.63) is 88.7 Å². The summed E-state index contributed by atoms with van der Waals surface area (Å²) in [6, 6.07) is 17.6. The number of benzene rings is 3. The van der Waals surface area contributed by atoms with Crippen molar-refractivity contribution in [1.82, 2.24) is 9.80 Å². The summed E-state index contributed by atoms with van der Waals surface area (Å²) in [6.07, 6.45) is 0.669. The summed E-state index contributed by atoms with van der Waals surface area (Å²) in [6.45, 7) is 2.55. The first-order valence-electron chi connectivity index (χ1n) is 12.9. The molecule has 1 saturated heterocycles. The molecule has 0 N–H and O–H groups in total. The molecule has 3 heterocycles. The molecule has 0 spiro atoms. The number of carbonyl (C=O) groups excluding carboxylic acids is 2. The second-order valence-corrected chi connectivity index (χ2v) is 9.93. The van der Waals surface area contributed by atoms with Gasteiger partial charge >= 0.3 is 0 Å². The van der Waals surface area contributed by atoms with E-state index in [2.05, 4.69) is 0 Å². The summed E-state index contributed by atoms with van der Waals surface area (Å²) >= 11 is 0. The number of halogens is 1. The van der Waals surface area contributed by atoms with Crippen molar-refractivity contribution < 1.29 is 23.5 Å². The van der Waals surface area contributed by atoms with Gasteiger partial charge in [0, 0.05) is 38.3 Å². The number of ether oxygens (including phenoxy) is 2. The summed E-state index contributed by atoms with van der Waals surface area (Å²) in [5, 5.41) is 0. The molecule has 0 bridgehead atoms. The van der Waals surface area contributed by atoms with Gasteiger partial charge in [-0.25, -0.2) is 4.39 Å². The standard InChI is InChI=1S/C30H30FN3O4/c1-37-25-17-19-11-12-34-28(22(19)18-26(25)38-2)27(20-7-3-4-8-21(20)29(34)35)30(36)33-15-13-32(14-16-33)24-10-6-5-9-23(24)31/h3-10,17-18,27-28H,11-16H2,1-2H3. The van der Waals surface area contributed by atoms with Crippen molar-refractivity contribution in [3.63, 3.8) is 0 Å². The van der Waals surface area contributed by atoms with Crippen LogP contribution in [0.4, 0.5) is 10.1 Å². The van der Waals surface area contributed by atoms with E-state index in [1.165, 1.54) is 6.07 Å². The van der Waals surface area contributed by atoms with Crippen LogP contribution in [0.3, 0.4) is 0 Å². The quantitative estimate of drug-likeness (QED) is 0.525. The van der Waals surface area contributed by atoms with E-state index in [4.69, 9.17) is 9.47 Å². The molecule has 2 unspecified atom stereocenters. The third kappa shape index (κ3) is 3.86. The molecule has 8 heteroatoms. The van der Waals surface area contributed by atoms with Crippen LogP contribution in [0.25, 0.3) is 0 Å². The van der Waals surface area contributed by atoms with Crippen LogP contribution in [0.1, 0.15) is 39.0 Å². The first kappa shape index (κ1) is 24.3. The van der Waals surface area contributed by atoms with Crippen molar-refractivity contribution in [2.75, 3.05) is 51.8 Å². The summed E-state index contributed by atoms with van der Waals surface area (Å²) in [5.74, 6) is 0.320. The summed E-state index contributed by atoms with van der Waals surface area (Å²) < 4.78 is 25.5. The van der Waals surface area contributed by atoms with Crippen molar-refractivity contribution >= 4 is 17.5 Å². The fourth-order valence-corrected chi connectivity index (χ4v) is 6.19. The Bertz CT molecular complexity index is 1400. The van der Waals surface area contributed by atoms with Gasteiger partial charge in [0.15, 0.2) is 11.5 Å². The lowest BCUT2D eigenvalue weighted by Crippen LogP contribution is -2.54. The predicted octanol–water partition coefficient (Wildman–Crippen LogP) is 4.03. The molecule has 3 aliphatic heterocycles. The molecule has 0 aliphatic carbocycles. The van der Waals surface area contributed by atoms with E-state index in [0.29, 0.717) is 61.9 Å². The van der Waals surface area contributed by atoms with Gasteiger partial charge in [-0.2, -0.15) is 0 Å². The first-order chi connectivity index (χ1) is 18.5. The van der Waals surface area contributed by atoms with E-state index in [-0.39, 0.29) is 17.6 Å². The Morgan fingerprint density at radius 1 is 0.868 bits per heavy atom. The van der Waals surface area contributed by atoms with E-state index in [1.54, 1.807) is 26.4 Å². The van der Waals surface area contributed by atoms with Crippen molar-refractivity contribution in [3.8, 4) is 11.5 Å². The zero-order valence-electron chi connectivity index (χ0n) is 21.5. The lowest BCUT2D eigenvalue weighted by Gasteiger charge is -2.47. The number of piperazine rings is 1. The second kappa shape index (κ2) is 9.67. The molecule has 7 nitrogen and oxygen atoms in total. The minimum Gasteiger partial charge on any atom is -0.493 e. The number of nitrogens with zero attached hydrogens (tertiary/aromatic N) is 3. The van der Waals surface area contributed by atoms with E-state index < -0.39 is 12.0 Å². The van der Waals surface area contributed by atoms with Gasteiger partial charge in [-0.05, 0) is 53.4 Å². The maximum absolute atomic E-state index is 14.4. The van der Waals surface area contributed by atoms with Crippen LogP contribution in [0.5, 0.6) is 11.5 Å². The molecule has 2 amide bonds. The van der Waals surface area contributed by atoms with Gasteiger partial charge < -0.3 is 24.2 Å². The topological polar surface area (TPSA) is 62.3 Å². The number of hydrogen-bond acceptors (Lipinski definition) is 5. The third-order valence-electron chi connectivity index (χ3n) is 8.08. The van der Waals surface area contributed by atoms with Gasteiger partial charge in [-0.1, -0.05) is 30.3 Å². The number of anilines is 1. The van der Waals surface area contributed by atoms with Crippen LogP contribution in [-0.2, 0) is 11.2 Å². The second-order valence-electron chi connectivity index (χ2n) is 9.93. The average molecular weight is 516 g/mol. The number of fused-ring (bicyclic) bond motifs is 4. The van der Waals surface area contributed by atoms with Gasteiger partial charge in [0.05, 0.1) is 31.9 Å². The Hall–Kier alpha value is -4.07. The highest BCUT2D eigenvalue weighted by Crippen LogP contribution is 2.49. The Labute approximate surface area is 221 Å². The lowest BCUT2D eigenvalue weighted by atomic mass is 9.75. The Balaban J connectivity index is 1.37. The molecular formula is C30H30FN3O4. The van der Waals surface area contributed by atoms with Crippen LogP contribution >= 0.6 is 0 Å². The number of methoxy groups -OCH3 is 2. The highest BCUT2D eigenvalue weighted by molar-refractivity contribution is 6.01. The SMILES string of the molecule is COc1cc2c(cc1OC)C1C(C(=O)N3CCN(c4ccccc4F)CC3)c3ccccc3C(=O)N1CC2. The number of para-hydroxylation sites is 1. The van der Waals surface area contributed by atoms with Crippen LogP contribution in [0, 0.1) is 5.82 Å². The highest BCUT2D eigenvalue weighted by atomic mass is 19.1. The zero-order valence-corrected chi connectivity index (χ0v) is 21.5. The Morgan fingerprint density at radius 2 is 1.55 bits per heavy atom. The molecule has 3 aromatic rings. The molecule has 2 atom stereocenters. The molecule has 0 saturated carbocycles. The third-order valence-corrected chi connectivity index (χ3v) is 8.08. The van der Waals surface area contributed by atoms with Crippen LogP contribution in [-0.4, -0.2) is 68.6 Å². The molecule has 196 valence electrons. The number of rotatable bonds is 4. The Kier molecular flexibility index (Phi) is 6.18. The molecule has 38 heavy (non-hydrogen) atoms. The minimum absolute atomic E-state index is 0.0178. The fourth-order valence-electron chi connectivity index (χ4n) is 6.19. The van der Waals surface area contributed by atoms with Crippen LogP contribution in [0.2, 0.25) is 0 Å². The molecule has 6 rings (SSSR count). The smallest absolute Gasteiger partial charge is 0.254 e. The van der Waals surface area contributed by atoms with E-state index >= 15 is 0 Å². The molecule has 0 aromatic heterocycles. The predicted molar refractivity (Wildman–Crippen MR) is 141 cm³/mol. The van der Waals surface area contributed by atoms with Gasteiger partial charge in [0.2, 0.25) is 5.91 Å². The molecule has 1 fully saturated rings. The zero-order chi connectivity index (χ0) is 26.4. The minimum atomic E-state index is -0.555. The molecular weight excluding hydrogens is 485 g/mol. The number of carbonyl (C=O) groups is 2. The van der Waals surface area contributed by atoms with Gasteiger partial charge in [0.1, 0.15) is 5.82 Å². The van der Waals surface area contributed by atoms with Crippen molar-refractivity contribution in [2.24, 2.45) is 0 Å². The van der Waals surface area contributed by atoms with Gasteiger partial charge in [-0.3, -0.25) is 9.59 Å². The van der Waals surface area contributed by atoms with Crippen LogP contribution in [0.15, 0.2) is 60.7 Å². The maximum atomic E-state index is 14.4. The number of hydrogen-bond donors (Lipinski definition) is 0. The molecule has 3 aliphatic rings. The largest absolute Gasteiger partial charge is 0.493 e. The van der Waals surface area contributed by atoms with E-state index in [0.717, 1.165) is 16.7 Å². The monoisotopic (exact) mass is 515 g/mol. The van der Waals surface area contributed by atoms with E-state index in [9.17, 15) is 14.0 Å². The normalized spacial score (nSPS) is 20.4. The van der Waals surface area contributed by atoms with Crippen LogP contribution < -0.4 is 14.4 Å². The lowest BCUT2D eigenvalue weighted by molar-refractivity contribution is -0.135. The molecule has 3 aromatic carbocycles. The Morgan fingerprint density at radius 3 is 2.29 bits per heavy atom. The average Bonchev–Trinajstić information content (AvgIpc) is 2.96.